The Balaban J connectivity index is 1.64. The van der Waals surface area contributed by atoms with Crippen molar-refractivity contribution in [2.24, 2.45) is 5.10 Å². The van der Waals surface area contributed by atoms with Crippen LogP contribution in [0.5, 0.6) is 0 Å². The Hall–Kier alpha value is -3.19. The number of aryl methyl sites for hydroxylation is 1. The van der Waals surface area contributed by atoms with Gasteiger partial charge in [-0.1, -0.05) is 41.7 Å². The minimum atomic E-state index is -0.336. The van der Waals surface area contributed by atoms with E-state index in [9.17, 15) is 4.79 Å². The zero-order valence-electron chi connectivity index (χ0n) is 14.2. The Bertz CT molecular complexity index is 1170. The molecule has 6 nitrogen and oxygen atoms in total. The van der Waals surface area contributed by atoms with Crippen molar-refractivity contribution in [1.29, 1.82) is 0 Å². The number of amides is 1. The number of nitrogen functional groups attached to an aromatic ring is 1. The number of rotatable bonds is 3. The molecular formula is C19H16N4O2S. The maximum absolute atomic E-state index is 12.2. The van der Waals surface area contributed by atoms with Crippen molar-refractivity contribution < 1.29 is 9.21 Å². The Labute approximate surface area is 153 Å². The molecule has 26 heavy (non-hydrogen) atoms. The second-order valence-electron chi connectivity index (χ2n) is 5.91. The largest absolute Gasteiger partial charge is 0.455 e. The van der Waals surface area contributed by atoms with Gasteiger partial charge in [-0.2, -0.15) is 5.10 Å². The number of carbonyl (C=O) groups excluding carboxylic acids is 1. The van der Waals surface area contributed by atoms with E-state index in [1.165, 1.54) is 0 Å². The number of hydrogen-bond acceptors (Lipinski definition) is 6. The molecule has 0 bridgehead atoms. The maximum atomic E-state index is 12.2. The van der Waals surface area contributed by atoms with Crippen molar-refractivity contribution in [2.45, 2.75) is 13.8 Å². The lowest BCUT2D eigenvalue weighted by Crippen LogP contribution is -2.19. The number of nitrogens with one attached hydrogen (secondary N) is 1. The molecule has 4 aromatic rings. The van der Waals surface area contributed by atoms with Gasteiger partial charge < -0.3 is 10.2 Å². The lowest BCUT2D eigenvalue weighted by atomic mass is 10.1. The number of nitrogens with zero attached hydrogens (tertiary/aromatic N) is 2. The number of aromatic nitrogens is 1. The van der Waals surface area contributed by atoms with E-state index in [2.05, 4.69) is 27.6 Å². The molecule has 0 unspecified atom stereocenters. The third kappa shape index (κ3) is 2.82. The first-order valence-electron chi connectivity index (χ1n) is 8.02. The predicted molar refractivity (Wildman–Crippen MR) is 105 cm³/mol. The van der Waals surface area contributed by atoms with E-state index in [0.717, 1.165) is 33.1 Å². The Morgan fingerprint density at radius 2 is 2.04 bits per heavy atom. The molecule has 0 saturated heterocycles. The van der Waals surface area contributed by atoms with Crippen molar-refractivity contribution in [3.63, 3.8) is 0 Å². The van der Waals surface area contributed by atoms with Crippen LogP contribution in [0.3, 0.4) is 0 Å². The first-order valence-corrected chi connectivity index (χ1v) is 8.84. The highest BCUT2D eigenvalue weighted by Gasteiger charge is 2.14. The Kier molecular flexibility index (Phi) is 3.93. The van der Waals surface area contributed by atoms with Gasteiger partial charge in [-0.15, -0.1) is 0 Å². The summed E-state index contributed by atoms with van der Waals surface area (Å²) in [4.78, 5) is 16.7. The van der Waals surface area contributed by atoms with E-state index in [0.29, 0.717) is 27.2 Å². The molecule has 2 heterocycles. The van der Waals surface area contributed by atoms with Crippen LogP contribution in [0, 0.1) is 6.92 Å². The number of furan rings is 1. The van der Waals surface area contributed by atoms with Crippen molar-refractivity contribution in [3.8, 4) is 0 Å². The fraction of sp³-hybridized carbons (Fsp3) is 0.105. The van der Waals surface area contributed by atoms with Crippen LogP contribution < -0.4 is 11.2 Å². The smallest absolute Gasteiger partial charge is 0.283 e. The van der Waals surface area contributed by atoms with Gasteiger partial charge in [-0.3, -0.25) is 4.79 Å². The Morgan fingerprint density at radius 1 is 1.23 bits per heavy atom. The van der Waals surface area contributed by atoms with E-state index in [-0.39, 0.29) is 5.91 Å². The topological polar surface area (TPSA) is 93.5 Å². The van der Waals surface area contributed by atoms with Gasteiger partial charge in [0.25, 0.3) is 5.91 Å². The molecule has 130 valence electrons. The van der Waals surface area contributed by atoms with Crippen LogP contribution >= 0.6 is 11.3 Å². The van der Waals surface area contributed by atoms with Gasteiger partial charge >= 0.3 is 0 Å². The van der Waals surface area contributed by atoms with Gasteiger partial charge in [0, 0.05) is 5.39 Å². The summed E-state index contributed by atoms with van der Waals surface area (Å²) in [7, 11) is 0. The molecule has 4 rings (SSSR count). The summed E-state index contributed by atoms with van der Waals surface area (Å²) < 4.78 is 5.89. The monoisotopic (exact) mass is 364 g/mol. The van der Waals surface area contributed by atoms with Crippen molar-refractivity contribution in [2.75, 3.05) is 5.73 Å². The molecule has 0 fully saturated rings. The zero-order chi connectivity index (χ0) is 18.3. The molecule has 1 amide bonds. The molecule has 0 aliphatic heterocycles. The average molecular weight is 364 g/mol. The summed E-state index contributed by atoms with van der Waals surface area (Å²) >= 11 is 1.14. The predicted octanol–water partition coefficient (Wildman–Crippen LogP) is 4.09. The van der Waals surface area contributed by atoms with E-state index < -0.39 is 0 Å². The fourth-order valence-electron chi connectivity index (χ4n) is 2.84. The SMILES string of the molecule is C/C(=N\NC(=O)c1sc(N)nc1C)c1cc2c(ccc3ccccc32)o1. The number of fused-ring (bicyclic) bond motifs is 3. The summed E-state index contributed by atoms with van der Waals surface area (Å²) in [6.07, 6.45) is 0. The molecular weight excluding hydrogens is 348 g/mol. The van der Waals surface area contributed by atoms with Crippen LogP contribution in [-0.4, -0.2) is 16.6 Å². The number of thiazole rings is 1. The molecule has 0 saturated carbocycles. The van der Waals surface area contributed by atoms with E-state index in [4.69, 9.17) is 10.2 Å². The number of anilines is 1. The van der Waals surface area contributed by atoms with Gasteiger partial charge in [0.05, 0.1) is 5.69 Å². The normalized spacial score (nSPS) is 12.0. The van der Waals surface area contributed by atoms with Crippen LogP contribution in [0.15, 0.2) is 52.0 Å². The van der Waals surface area contributed by atoms with Crippen LogP contribution in [-0.2, 0) is 0 Å². The highest BCUT2D eigenvalue weighted by atomic mass is 32.1. The van der Waals surface area contributed by atoms with Crippen LogP contribution in [0.4, 0.5) is 5.13 Å². The lowest BCUT2D eigenvalue weighted by molar-refractivity contribution is 0.0958. The van der Waals surface area contributed by atoms with Gasteiger partial charge in [-0.25, -0.2) is 10.4 Å². The highest BCUT2D eigenvalue weighted by molar-refractivity contribution is 7.17. The van der Waals surface area contributed by atoms with Gasteiger partial charge in [-0.05, 0) is 36.8 Å². The Morgan fingerprint density at radius 3 is 2.81 bits per heavy atom. The molecule has 3 N–H and O–H groups in total. The second kappa shape index (κ2) is 6.27. The summed E-state index contributed by atoms with van der Waals surface area (Å²) in [5, 5.41) is 7.80. The molecule has 0 aliphatic carbocycles. The first-order chi connectivity index (χ1) is 12.5. The number of carbonyl (C=O) groups is 1. The van der Waals surface area contributed by atoms with E-state index >= 15 is 0 Å². The zero-order valence-corrected chi connectivity index (χ0v) is 15.1. The summed E-state index contributed by atoms with van der Waals surface area (Å²) in [6, 6.07) is 14.0. The number of hydrogen-bond donors (Lipinski definition) is 2. The molecule has 0 aliphatic rings. The van der Waals surface area contributed by atoms with Crippen molar-refractivity contribution in [3.05, 3.63) is 58.8 Å². The summed E-state index contributed by atoms with van der Waals surface area (Å²) in [6.45, 7) is 3.52. The summed E-state index contributed by atoms with van der Waals surface area (Å²) in [5.41, 5.74) is 10.1. The van der Waals surface area contributed by atoms with E-state index in [1.54, 1.807) is 13.8 Å². The maximum Gasteiger partial charge on any atom is 0.283 e. The number of hydrazone groups is 1. The minimum absolute atomic E-state index is 0.336. The molecule has 0 radical (unpaired) electrons. The quantitative estimate of drug-likeness (QED) is 0.423. The molecule has 7 heteroatoms. The lowest BCUT2D eigenvalue weighted by Gasteiger charge is -1.99. The second-order valence-corrected chi connectivity index (χ2v) is 6.94. The van der Waals surface area contributed by atoms with Gasteiger partial charge in [0.2, 0.25) is 0 Å². The number of nitrogens with two attached hydrogens (primary N) is 1. The first kappa shape index (κ1) is 16.3. The van der Waals surface area contributed by atoms with Crippen molar-refractivity contribution >= 4 is 49.8 Å². The van der Waals surface area contributed by atoms with Crippen LogP contribution in [0.2, 0.25) is 0 Å². The van der Waals surface area contributed by atoms with Crippen LogP contribution in [0.1, 0.15) is 28.0 Å². The van der Waals surface area contributed by atoms with Gasteiger partial charge in [0.15, 0.2) is 10.9 Å². The third-order valence-corrected chi connectivity index (χ3v) is 5.11. The average Bonchev–Trinajstić information content (AvgIpc) is 3.22. The molecule has 2 aromatic heterocycles. The van der Waals surface area contributed by atoms with Crippen molar-refractivity contribution in [1.82, 2.24) is 10.4 Å². The van der Waals surface area contributed by atoms with Crippen LogP contribution in [0.25, 0.3) is 21.7 Å². The summed E-state index contributed by atoms with van der Waals surface area (Å²) in [5.74, 6) is 0.273. The van der Waals surface area contributed by atoms with Gasteiger partial charge in [0.1, 0.15) is 16.2 Å². The molecule has 2 aromatic carbocycles. The molecule has 0 spiro atoms. The minimum Gasteiger partial charge on any atom is -0.455 e. The van der Waals surface area contributed by atoms with E-state index in [1.807, 2.05) is 30.3 Å². The number of benzene rings is 2. The standard InChI is InChI=1S/C19H16N4O2S/c1-10(22-23-18(24)17-11(2)21-19(20)26-17)16-9-14-13-6-4-3-5-12(13)7-8-15(14)25-16/h3-9H,1-2H3,(H2,20,21)(H,23,24)/b22-10+. The fourth-order valence-corrected chi connectivity index (χ4v) is 3.56. The third-order valence-electron chi connectivity index (χ3n) is 4.13. The highest BCUT2D eigenvalue weighted by Crippen LogP contribution is 2.28. The molecule has 0 atom stereocenters.